The average molecular weight is 450 g/mol. The second kappa shape index (κ2) is 7.66. The van der Waals surface area contributed by atoms with E-state index in [1.54, 1.807) is 19.1 Å². The summed E-state index contributed by atoms with van der Waals surface area (Å²) < 4.78 is 43.3. The van der Waals surface area contributed by atoms with Gasteiger partial charge in [0.05, 0.1) is 23.4 Å². The van der Waals surface area contributed by atoms with Crippen LogP contribution in [-0.4, -0.2) is 25.6 Å². The molecule has 0 saturated carbocycles. The van der Waals surface area contributed by atoms with Crippen molar-refractivity contribution in [2.75, 3.05) is 0 Å². The topological polar surface area (TPSA) is 69.3 Å². The Labute approximate surface area is 178 Å². The van der Waals surface area contributed by atoms with Crippen molar-refractivity contribution in [2.24, 2.45) is 0 Å². The first-order chi connectivity index (χ1) is 14.6. The van der Waals surface area contributed by atoms with Crippen molar-refractivity contribution in [2.45, 2.75) is 19.8 Å². The van der Waals surface area contributed by atoms with Crippen molar-refractivity contribution in [3.8, 4) is 17.3 Å². The summed E-state index contributed by atoms with van der Waals surface area (Å²) in [6, 6.07) is 13.6. The minimum absolute atomic E-state index is 0.114. The third-order valence-electron chi connectivity index (χ3n) is 4.79. The van der Waals surface area contributed by atoms with Crippen LogP contribution in [0.3, 0.4) is 0 Å². The zero-order chi connectivity index (χ0) is 22.3. The van der Waals surface area contributed by atoms with Gasteiger partial charge in [0.2, 0.25) is 5.88 Å². The molecular formula is C21H15ClF3N3O3. The number of hydrogen-bond donors (Lipinski definition) is 1. The van der Waals surface area contributed by atoms with Crippen LogP contribution in [0.5, 0.6) is 11.6 Å². The van der Waals surface area contributed by atoms with Gasteiger partial charge < -0.3 is 9.84 Å². The van der Waals surface area contributed by atoms with Crippen LogP contribution in [-0.2, 0) is 6.54 Å². The lowest BCUT2D eigenvalue weighted by Gasteiger charge is -2.09. The summed E-state index contributed by atoms with van der Waals surface area (Å²) >= 11 is 6.12. The lowest BCUT2D eigenvalue weighted by molar-refractivity contribution is -0.274. The Kier molecular flexibility index (Phi) is 5.14. The molecule has 31 heavy (non-hydrogen) atoms. The number of rotatable bonds is 4. The first kappa shape index (κ1) is 20.8. The maximum Gasteiger partial charge on any atom is 0.573 e. The Morgan fingerprint density at radius 1 is 1.13 bits per heavy atom. The predicted molar refractivity (Wildman–Crippen MR) is 109 cm³/mol. The van der Waals surface area contributed by atoms with Crippen molar-refractivity contribution < 1.29 is 23.0 Å². The molecule has 160 valence electrons. The summed E-state index contributed by atoms with van der Waals surface area (Å²) in [4.78, 5) is 17.3. The fourth-order valence-corrected chi connectivity index (χ4v) is 3.59. The number of pyridine rings is 1. The van der Waals surface area contributed by atoms with Crippen molar-refractivity contribution in [1.82, 2.24) is 14.1 Å². The average Bonchev–Trinajstić information content (AvgIpc) is 2.91. The fourth-order valence-electron chi connectivity index (χ4n) is 3.37. The first-order valence-corrected chi connectivity index (χ1v) is 9.43. The van der Waals surface area contributed by atoms with E-state index in [1.165, 1.54) is 16.7 Å². The van der Waals surface area contributed by atoms with Gasteiger partial charge >= 0.3 is 12.1 Å². The number of aromatic hydroxyl groups is 1. The third-order valence-corrected chi connectivity index (χ3v) is 4.98. The number of alkyl halides is 3. The molecule has 0 aliphatic heterocycles. The van der Waals surface area contributed by atoms with E-state index in [1.807, 2.05) is 18.2 Å². The molecule has 4 rings (SSSR count). The van der Waals surface area contributed by atoms with Crippen molar-refractivity contribution in [3.05, 3.63) is 81.5 Å². The first-order valence-electron chi connectivity index (χ1n) is 9.05. The van der Waals surface area contributed by atoms with Crippen LogP contribution in [0.4, 0.5) is 13.2 Å². The molecule has 0 aliphatic rings. The van der Waals surface area contributed by atoms with Crippen LogP contribution in [0.15, 0.2) is 59.4 Å². The Morgan fingerprint density at radius 2 is 1.81 bits per heavy atom. The molecule has 10 heteroatoms. The van der Waals surface area contributed by atoms with E-state index >= 15 is 0 Å². The molecule has 2 heterocycles. The van der Waals surface area contributed by atoms with Crippen LogP contribution < -0.4 is 10.4 Å². The van der Waals surface area contributed by atoms with Gasteiger partial charge in [-0.2, -0.15) is 0 Å². The van der Waals surface area contributed by atoms with E-state index in [0.717, 1.165) is 27.6 Å². The van der Waals surface area contributed by atoms with Crippen LogP contribution in [0, 0.1) is 6.92 Å². The molecule has 0 saturated heterocycles. The van der Waals surface area contributed by atoms with E-state index in [4.69, 9.17) is 11.6 Å². The normalized spacial score (nSPS) is 11.8. The third kappa shape index (κ3) is 4.09. The monoisotopic (exact) mass is 449 g/mol. The van der Waals surface area contributed by atoms with Crippen molar-refractivity contribution >= 4 is 22.5 Å². The van der Waals surface area contributed by atoms with Crippen LogP contribution >= 0.6 is 11.6 Å². The van der Waals surface area contributed by atoms with E-state index in [-0.39, 0.29) is 29.0 Å². The second-order valence-electron chi connectivity index (χ2n) is 6.78. The summed E-state index contributed by atoms with van der Waals surface area (Å²) in [6.07, 6.45) is -4.82. The number of imidazole rings is 1. The van der Waals surface area contributed by atoms with Crippen molar-refractivity contribution in [1.29, 1.82) is 0 Å². The molecule has 0 atom stereocenters. The molecule has 0 fully saturated rings. The molecule has 2 aromatic heterocycles. The van der Waals surface area contributed by atoms with Gasteiger partial charge in [0, 0.05) is 5.39 Å². The van der Waals surface area contributed by atoms with Gasteiger partial charge in [-0.05, 0) is 48.9 Å². The number of para-hydroxylation sites is 1. The number of halogens is 4. The summed E-state index contributed by atoms with van der Waals surface area (Å²) in [5.41, 5.74) is 1.32. The van der Waals surface area contributed by atoms with Crippen molar-refractivity contribution in [3.63, 3.8) is 0 Å². The summed E-state index contributed by atoms with van der Waals surface area (Å²) in [5, 5.41) is 11.6. The highest BCUT2D eigenvalue weighted by Crippen LogP contribution is 2.27. The highest BCUT2D eigenvalue weighted by molar-refractivity contribution is 6.29. The lowest BCUT2D eigenvalue weighted by Crippen LogP contribution is -2.24. The summed E-state index contributed by atoms with van der Waals surface area (Å²) in [5.74, 6) is -0.753. The highest BCUT2D eigenvalue weighted by atomic mass is 35.5. The molecule has 0 unspecified atom stereocenters. The number of nitrogens with zero attached hydrogens (tertiary/aromatic N) is 3. The SMILES string of the molecule is Cc1c(O)n(-c2ccc(OC(F)(F)F)cc2)c(=O)n1Cc1cc(Cl)nc2ccccc12. The number of hydrogen-bond acceptors (Lipinski definition) is 4. The summed E-state index contributed by atoms with van der Waals surface area (Å²) in [6.45, 7) is 1.68. The fraction of sp³-hybridized carbons (Fsp3) is 0.143. The molecule has 1 N–H and O–H groups in total. The number of fused-ring (bicyclic) bond motifs is 1. The van der Waals surface area contributed by atoms with Crippen LogP contribution in [0.25, 0.3) is 16.6 Å². The van der Waals surface area contributed by atoms with Gasteiger partial charge in [-0.25, -0.2) is 14.3 Å². The maximum atomic E-state index is 13.1. The predicted octanol–water partition coefficient (Wildman–Crippen LogP) is 4.80. The van der Waals surface area contributed by atoms with Gasteiger partial charge in [-0.3, -0.25) is 4.57 Å². The smallest absolute Gasteiger partial charge is 0.493 e. The Hall–Kier alpha value is -3.46. The standard InChI is InChI=1S/C21H15ClF3N3O3/c1-12-19(29)28(14-6-8-15(9-7-14)31-21(23,24)25)20(30)27(12)11-13-10-18(22)26-17-5-3-2-4-16(13)17/h2-10,29H,11H2,1H3. The molecular weight excluding hydrogens is 435 g/mol. The van der Waals surface area contributed by atoms with Gasteiger partial charge in [0.15, 0.2) is 0 Å². The highest BCUT2D eigenvalue weighted by Gasteiger charge is 2.31. The number of ether oxygens (including phenoxy) is 1. The molecule has 0 aliphatic carbocycles. The molecule has 0 bridgehead atoms. The van der Waals surface area contributed by atoms with Gasteiger partial charge in [0.1, 0.15) is 10.9 Å². The maximum absolute atomic E-state index is 13.1. The number of benzene rings is 2. The molecule has 4 aromatic rings. The zero-order valence-electron chi connectivity index (χ0n) is 16.0. The van der Waals surface area contributed by atoms with Crippen LogP contribution in [0.2, 0.25) is 5.15 Å². The van der Waals surface area contributed by atoms with Crippen LogP contribution in [0.1, 0.15) is 11.3 Å². The largest absolute Gasteiger partial charge is 0.573 e. The summed E-state index contributed by atoms with van der Waals surface area (Å²) in [7, 11) is 0. The van der Waals surface area contributed by atoms with E-state index in [9.17, 15) is 23.1 Å². The minimum atomic E-state index is -4.82. The van der Waals surface area contributed by atoms with Gasteiger partial charge in [0.25, 0.3) is 0 Å². The Morgan fingerprint density at radius 3 is 2.48 bits per heavy atom. The molecule has 0 amide bonds. The minimum Gasteiger partial charge on any atom is -0.493 e. The second-order valence-corrected chi connectivity index (χ2v) is 7.16. The van der Waals surface area contributed by atoms with E-state index in [2.05, 4.69) is 9.72 Å². The Bertz CT molecular complexity index is 1330. The lowest BCUT2D eigenvalue weighted by atomic mass is 10.1. The zero-order valence-corrected chi connectivity index (χ0v) is 16.8. The molecule has 2 aromatic carbocycles. The Balaban J connectivity index is 1.75. The van der Waals surface area contributed by atoms with Gasteiger partial charge in [-0.1, -0.05) is 29.8 Å². The molecule has 0 radical (unpaired) electrons. The van der Waals surface area contributed by atoms with E-state index in [0.29, 0.717) is 5.52 Å². The molecule has 0 spiro atoms. The molecule has 6 nitrogen and oxygen atoms in total. The quantitative estimate of drug-likeness (QED) is 0.454. The van der Waals surface area contributed by atoms with E-state index < -0.39 is 17.8 Å². The van der Waals surface area contributed by atoms with Gasteiger partial charge in [-0.15, -0.1) is 13.2 Å². The number of aromatic nitrogens is 3.